The van der Waals surface area contributed by atoms with E-state index in [1.54, 1.807) is 20.5 Å². The molecular weight excluding hydrogens is 534 g/mol. The Labute approximate surface area is 256 Å². The monoisotopic (exact) mass is 579 g/mol. The Balaban J connectivity index is 1.51. The summed E-state index contributed by atoms with van der Waals surface area (Å²) < 4.78 is 11.0. The molecule has 0 radical (unpaired) electrons. The molecule has 6 nitrogen and oxygen atoms in total. The number of aryl methyl sites for hydroxylation is 1. The zero-order chi connectivity index (χ0) is 31.1. The number of nitrogens with zero attached hydrogens (tertiary/aromatic N) is 2. The lowest BCUT2D eigenvalue weighted by atomic mass is 9.81. The summed E-state index contributed by atoms with van der Waals surface area (Å²) in [5.74, 6) is 1.97. The molecule has 0 saturated carbocycles. The van der Waals surface area contributed by atoms with Crippen molar-refractivity contribution < 1.29 is 14.6 Å². The van der Waals surface area contributed by atoms with Gasteiger partial charge in [-0.3, -0.25) is 0 Å². The second kappa shape index (κ2) is 14.3. The summed E-state index contributed by atoms with van der Waals surface area (Å²) in [5.41, 5.74) is 8.52. The average molecular weight is 580 g/mol. The van der Waals surface area contributed by atoms with Gasteiger partial charge in [-0.15, -0.1) is 0 Å². The Bertz CT molecular complexity index is 1590. The SMILES string of the molecule is C=C(/C=C(/C(C)CC(O)Nc1cccc(Cc2ncnc3cc(OC)c(OC)cc23)c1)[C@H](C)c1cccc(C)c1)C(C)C. The molecule has 4 rings (SSSR count). The fourth-order valence-electron chi connectivity index (χ4n) is 5.47. The van der Waals surface area contributed by atoms with E-state index in [4.69, 9.17) is 9.47 Å². The van der Waals surface area contributed by atoms with Gasteiger partial charge < -0.3 is 19.9 Å². The Kier molecular flexibility index (Phi) is 10.6. The third-order valence-electron chi connectivity index (χ3n) is 8.14. The third kappa shape index (κ3) is 8.02. The van der Waals surface area contributed by atoms with Crippen LogP contribution in [0.25, 0.3) is 10.9 Å². The number of hydrogen-bond acceptors (Lipinski definition) is 6. The Morgan fingerprint density at radius 3 is 2.37 bits per heavy atom. The number of nitrogens with one attached hydrogen (secondary N) is 1. The standard InChI is InChI=1S/C37H45N3O3/c1-23(2)25(4)16-31(27(6)29-13-9-11-24(3)15-29)26(5)17-37(41)40-30-14-10-12-28(18-30)19-33-32-20-35(42-7)36(43-8)21-34(32)39-22-38-33/h9-16,18,20-23,26-27,37,40-41H,4,17,19H2,1-3,5-8H3/b31-16-/t26?,27-,37?/m1/s1. The molecule has 1 aromatic heterocycles. The quantitative estimate of drug-likeness (QED) is 0.123. The van der Waals surface area contributed by atoms with Gasteiger partial charge in [0, 0.05) is 29.5 Å². The number of ether oxygens (including phenoxy) is 2. The third-order valence-corrected chi connectivity index (χ3v) is 8.14. The van der Waals surface area contributed by atoms with E-state index in [1.165, 1.54) is 16.7 Å². The minimum Gasteiger partial charge on any atom is -0.493 e. The van der Waals surface area contributed by atoms with Crippen LogP contribution < -0.4 is 14.8 Å². The van der Waals surface area contributed by atoms with Crippen molar-refractivity contribution in [2.45, 2.75) is 59.6 Å². The van der Waals surface area contributed by atoms with Crippen molar-refractivity contribution in [1.82, 2.24) is 9.97 Å². The Morgan fingerprint density at radius 1 is 0.953 bits per heavy atom. The Morgan fingerprint density at radius 2 is 1.67 bits per heavy atom. The van der Waals surface area contributed by atoms with Crippen LogP contribution in [0.3, 0.4) is 0 Å². The average Bonchev–Trinajstić information content (AvgIpc) is 2.98. The minimum absolute atomic E-state index is 0.135. The molecule has 0 aliphatic heterocycles. The molecule has 1 heterocycles. The molecule has 0 saturated heterocycles. The predicted molar refractivity (Wildman–Crippen MR) is 177 cm³/mol. The molecule has 0 aliphatic carbocycles. The number of anilines is 1. The number of aliphatic hydroxyl groups excluding tert-OH is 1. The first kappa shape index (κ1) is 31.8. The van der Waals surface area contributed by atoms with Crippen LogP contribution in [0.4, 0.5) is 5.69 Å². The molecule has 0 aliphatic rings. The molecule has 2 unspecified atom stereocenters. The van der Waals surface area contributed by atoms with Crippen LogP contribution in [0.2, 0.25) is 0 Å². The fourth-order valence-corrected chi connectivity index (χ4v) is 5.47. The molecule has 3 aromatic carbocycles. The van der Waals surface area contributed by atoms with Gasteiger partial charge in [-0.1, -0.05) is 93.5 Å². The number of fused-ring (bicyclic) bond motifs is 1. The predicted octanol–water partition coefficient (Wildman–Crippen LogP) is 8.25. The number of allylic oxidation sites excluding steroid dienone is 3. The highest BCUT2D eigenvalue weighted by atomic mass is 16.5. The normalized spacial score (nSPS) is 13.9. The van der Waals surface area contributed by atoms with Gasteiger partial charge in [0.25, 0.3) is 0 Å². The summed E-state index contributed by atoms with van der Waals surface area (Å²) in [6, 6.07) is 20.6. The van der Waals surface area contributed by atoms with Crippen LogP contribution in [-0.2, 0) is 6.42 Å². The highest BCUT2D eigenvalue weighted by molar-refractivity contribution is 5.84. The lowest BCUT2D eigenvalue weighted by Crippen LogP contribution is -2.23. The van der Waals surface area contributed by atoms with Gasteiger partial charge >= 0.3 is 0 Å². The minimum atomic E-state index is -0.720. The lowest BCUT2D eigenvalue weighted by Gasteiger charge is -2.27. The van der Waals surface area contributed by atoms with E-state index in [9.17, 15) is 5.11 Å². The summed E-state index contributed by atoms with van der Waals surface area (Å²) >= 11 is 0. The molecule has 0 fully saturated rings. The van der Waals surface area contributed by atoms with Gasteiger partial charge in [-0.25, -0.2) is 9.97 Å². The van der Waals surface area contributed by atoms with Crippen molar-refractivity contribution in [2.24, 2.45) is 11.8 Å². The summed E-state index contributed by atoms with van der Waals surface area (Å²) in [7, 11) is 3.24. The largest absolute Gasteiger partial charge is 0.493 e. The number of hydrogen-bond donors (Lipinski definition) is 2. The molecule has 0 bridgehead atoms. The topological polar surface area (TPSA) is 76.5 Å². The summed E-state index contributed by atoms with van der Waals surface area (Å²) in [4.78, 5) is 9.00. The first-order valence-corrected chi connectivity index (χ1v) is 15.0. The van der Waals surface area contributed by atoms with E-state index in [0.717, 1.165) is 33.4 Å². The molecule has 2 N–H and O–H groups in total. The fraction of sp³-hybridized carbons (Fsp3) is 0.351. The van der Waals surface area contributed by atoms with Crippen LogP contribution in [0.1, 0.15) is 62.4 Å². The second-order valence-corrected chi connectivity index (χ2v) is 11.7. The van der Waals surface area contributed by atoms with Gasteiger partial charge in [0.1, 0.15) is 12.6 Å². The maximum Gasteiger partial charge on any atom is 0.162 e. The van der Waals surface area contributed by atoms with Gasteiger partial charge in [-0.2, -0.15) is 0 Å². The number of aromatic nitrogens is 2. The molecule has 4 aromatic rings. The zero-order valence-electron chi connectivity index (χ0n) is 26.5. The zero-order valence-corrected chi connectivity index (χ0v) is 26.5. The van der Waals surface area contributed by atoms with Crippen LogP contribution in [-0.4, -0.2) is 35.5 Å². The van der Waals surface area contributed by atoms with Crippen LogP contribution in [0.5, 0.6) is 11.5 Å². The highest BCUT2D eigenvalue weighted by Crippen LogP contribution is 2.35. The molecule has 226 valence electrons. The van der Waals surface area contributed by atoms with Crippen molar-refractivity contribution in [2.75, 3.05) is 19.5 Å². The van der Waals surface area contributed by atoms with Gasteiger partial charge in [0.15, 0.2) is 11.5 Å². The summed E-state index contributed by atoms with van der Waals surface area (Å²) in [6.07, 6.45) is 4.27. The van der Waals surface area contributed by atoms with Crippen molar-refractivity contribution in [3.8, 4) is 11.5 Å². The lowest BCUT2D eigenvalue weighted by molar-refractivity contribution is 0.178. The van der Waals surface area contributed by atoms with Crippen LogP contribution in [0.15, 0.2) is 90.8 Å². The molecule has 0 amide bonds. The summed E-state index contributed by atoms with van der Waals surface area (Å²) in [5, 5.41) is 15.4. The molecule has 43 heavy (non-hydrogen) atoms. The molecular formula is C37H45N3O3. The number of methoxy groups -OCH3 is 2. The van der Waals surface area contributed by atoms with Crippen molar-refractivity contribution in [3.63, 3.8) is 0 Å². The van der Waals surface area contributed by atoms with Crippen LogP contribution in [0, 0.1) is 18.8 Å². The Hall–Kier alpha value is -4.16. The van der Waals surface area contributed by atoms with Crippen LogP contribution >= 0.6 is 0 Å². The maximum absolute atomic E-state index is 11.2. The van der Waals surface area contributed by atoms with Crippen molar-refractivity contribution in [3.05, 3.63) is 113 Å². The van der Waals surface area contributed by atoms with Crippen molar-refractivity contribution in [1.29, 1.82) is 0 Å². The van der Waals surface area contributed by atoms with E-state index in [2.05, 4.69) is 99.0 Å². The first-order valence-electron chi connectivity index (χ1n) is 15.0. The number of rotatable bonds is 13. The smallest absolute Gasteiger partial charge is 0.162 e. The van der Waals surface area contributed by atoms with Gasteiger partial charge in [0.05, 0.1) is 25.4 Å². The highest BCUT2D eigenvalue weighted by Gasteiger charge is 2.21. The molecule has 3 atom stereocenters. The molecule has 6 heteroatoms. The first-order chi connectivity index (χ1) is 20.6. The van der Waals surface area contributed by atoms with Gasteiger partial charge in [-0.05, 0) is 54.5 Å². The second-order valence-electron chi connectivity index (χ2n) is 11.7. The maximum atomic E-state index is 11.2. The van der Waals surface area contributed by atoms with Gasteiger partial charge in [0.2, 0.25) is 0 Å². The number of aliphatic hydroxyl groups is 1. The van der Waals surface area contributed by atoms with E-state index in [-0.39, 0.29) is 11.8 Å². The van der Waals surface area contributed by atoms with E-state index >= 15 is 0 Å². The van der Waals surface area contributed by atoms with E-state index in [0.29, 0.717) is 30.3 Å². The summed E-state index contributed by atoms with van der Waals surface area (Å²) in [6.45, 7) is 15.2. The molecule has 0 spiro atoms. The van der Waals surface area contributed by atoms with E-state index in [1.807, 2.05) is 24.3 Å². The van der Waals surface area contributed by atoms with Crippen molar-refractivity contribution >= 4 is 16.6 Å². The number of benzene rings is 3. The van der Waals surface area contributed by atoms with E-state index < -0.39 is 6.23 Å².